The highest BCUT2D eigenvalue weighted by molar-refractivity contribution is 7.98. The standard InChI is InChI=1S/C25H34N4O4S.C2HF3O2/c1-34-13-11-22(25(32)33)27-23(30)17-28(16-20-9-5-12-29(20)24(31)14-26)15-19-8-4-7-18-6-2-3-10-21(18)19;3-2(4,5)1(6)7/h2-4,6-8,10,20,22H,5,9,11-17,26H2,1H3,(H,27,30)(H,32,33);(H,6,7)/t20-,22-;/m0./s1. The van der Waals surface area contributed by atoms with Gasteiger partial charge in [0.25, 0.3) is 0 Å². The number of carbonyl (C=O) groups is 4. The molecule has 1 heterocycles. The molecule has 41 heavy (non-hydrogen) atoms. The number of alkyl halides is 3. The summed E-state index contributed by atoms with van der Waals surface area (Å²) in [6, 6.07) is 13.3. The number of fused-ring (bicyclic) bond motifs is 1. The normalized spacial score (nSPS) is 15.8. The molecule has 5 N–H and O–H groups in total. The van der Waals surface area contributed by atoms with Gasteiger partial charge in [0.15, 0.2) is 0 Å². The third-order valence-corrected chi connectivity index (χ3v) is 7.11. The lowest BCUT2D eigenvalue weighted by molar-refractivity contribution is -0.192. The van der Waals surface area contributed by atoms with Gasteiger partial charge >= 0.3 is 18.1 Å². The van der Waals surface area contributed by atoms with E-state index in [1.807, 2.05) is 40.3 Å². The Kier molecular flexibility index (Phi) is 13.4. The third kappa shape index (κ3) is 10.9. The number of carboxylic acids is 2. The number of nitrogens with one attached hydrogen (secondary N) is 1. The van der Waals surface area contributed by atoms with E-state index >= 15 is 0 Å². The number of rotatable bonds is 12. The molecular formula is C27H35F3N4O6S. The molecule has 0 unspecified atom stereocenters. The van der Waals surface area contributed by atoms with E-state index in [1.165, 1.54) is 0 Å². The number of nitrogens with zero attached hydrogens (tertiary/aromatic N) is 2. The predicted octanol–water partition coefficient (Wildman–Crippen LogP) is 2.55. The zero-order chi connectivity index (χ0) is 30.6. The number of hydrogen-bond donors (Lipinski definition) is 4. The second-order valence-corrected chi connectivity index (χ2v) is 10.4. The minimum absolute atomic E-state index is 0.0226. The van der Waals surface area contributed by atoms with E-state index in [0.29, 0.717) is 31.8 Å². The Morgan fingerprint density at radius 3 is 2.41 bits per heavy atom. The number of likely N-dealkylation sites (tertiary alicyclic amines) is 1. The Bertz CT molecular complexity index is 1190. The number of hydrogen-bond acceptors (Lipinski definition) is 7. The van der Waals surface area contributed by atoms with Crippen molar-refractivity contribution >= 4 is 46.3 Å². The van der Waals surface area contributed by atoms with Gasteiger partial charge in [-0.3, -0.25) is 14.5 Å². The number of carbonyl (C=O) groups excluding carboxylic acids is 2. The molecule has 2 amide bonds. The number of nitrogens with two attached hydrogens (primary N) is 1. The van der Waals surface area contributed by atoms with E-state index in [1.54, 1.807) is 11.8 Å². The summed E-state index contributed by atoms with van der Waals surface area (Å²) in [7, 11) is 0. The Balaban J connectivity index is 0.000000745. The highest BCUT2D eigenvalue weighted by Crippen LogP contribution is 2.23. The van der Waals surface area contributed by atoms with Crippen molar-refractivity contribution in [1.82, 2.24) is 15.1 Å². The van der Waals surface area contributed by atoms with Crippen LogP contribution in [0.4, 0.5) is 13.2 Å². The summed E-state index contributed by atoms with van der Waals surface area (Å²) in [5.41, 5.74) is 6.69. The third-order valence-electron chi connectivity index (χ3n) is 6.47. The van der Waals surface area contributed by atoms with Crippen LogP contribution in [0.25, 0.3) is 10.8 Å². The number of carboxylic acid groups (broad SMARTS) is 2. The molecule has 2 atom stereocenters. The summed E-state index contributed by atoms with van der Waals surface area (Å²) in [5.74, 6) is -3.55. The summed E-state index contributed by atoms with van der Waals surface area (Å²) in [6.45, 7) is 1.72. The van der Waals surface area contributed by atoms with Gasteiger partial charge in [0.05, 0.1) is 13.1 Å². The maximum absolute atomic E-state index is 12.9. The maximum Gasteiger partial charge on any atom is 0.490 e. The van der Waals surface area contributed by atoms with E-state index in [0.717, 1.165) is 29.2 Å². The van der Waals surface area contributed by atoms with Gasteiger partial charge in [-0.15, -0.1) is 0 Å². The van der Waals surface area contributed by atoms with E-state index in [-0.39, 0.29) is 30.9 Å². The van der Waals surface area contributed by atoms with Crippen molar-refractivity contribution < 1.29 is 42.6 Å². The van der Waals surface area contributed by atoms with Crippen LogP contribution in [0.1, 0.15) is 24.8 Å². The molecule has 1 fully saturated rings. The quantitative estimate of drug-likeness (QED) is 0.288. The van der Waals surface area contributed by atoms with Crippen molar-refractivity contribution in [2.24, 2.45) is 5.73 Å². The molecule has 226 valence electrons. The molecule has 0 radical (unpaired) electrons. The fourth-order valence-corrected chi connectivity index (χ4v) is 5.03. The van der Waals surface area contributed by atoms with Crippen molar-refractivity contribution in [2.75, 3.05) is 38.2 Å². The SMILES string of the molecule is CSCC[C@H](NC(=O)CN(Cc1cccc2ccccc12)C[C@@H]1CCCN1C(=O)CN)C(=O)O.O=C(O)C(F)(F)F. The van der Waals surface area contributed by atoms with Crippen LogP contribution in [0.3, 0.4) is 0 Å². The van der Waals surface area contributed by atoms with Crippen LogP contribution in [-0.2, 0) is 25.7 Å². The molecule has 2 aromatic carbocycles. The molecule has 0 aromatic heterocycles. The van der Waals surface area contributed by atoms with E-state index in [4.69, 9.17) is 15.6 Å². The summed E-state index contributed by atoms with van der Waals surface area (Å²) in [6.07, 6.45) is -1.05. The first kappa shape index (κ1) is 33.8. The lowest BCUT2D eigenvalue weighted by Crippen LogP contribution is -2.49. The van der Waals surface area contributed by atoms with Gasteiger partial charge in [-0.2, -0.15) is 24.9 Å². The van der Waals surface area contributed by atoms with Crippen molar-refractivity contribution in [3.05, 3.63) is 48.0 Å². The zero-order valence-corrected chi connectivity index (χ0v) is 23.4. The first-order valence-electron chi connectivity index (χ1n) is 12.9. The molecule has 1 aliphatic rings. The minimum atomic E-state index is -5.08. The molecule has 0 aliphatic carbocycles. The molecule has 1 saturated heterocycles. The van der Waals surface area contributed by atoms with Crippen molar-refractivity contribution in [3.63, 3.8) is 0 Å². The Morgan fingerprint density at radius 1 is 1.15 bits per heavy atom. The predicted molar refractivity (Wildman–Crippen MR) is 149 cm³/mol. The minimum Gasteiger partial charge on any atom is -0.480 e. The van der Waals surface area contributed by atoms with Gasteiger partial charge in [-0.25, -0.2) is 9.59 Å². The summed E-state index contributed by atoms with van der Waals surface area (Å²) in [4.78, 5) is 49.5. The topological polar surface area (TPSA) is 153 Å². The van der Waals surface area contributed by atoms with Crippen molar-refractivity contribution in [2.45, 2.75) is 44.1 Å². The molecule has 0 saturated carbocycles. The average molecular weight is 601 g/mol. The largest absolute Gasteiger partial charge is 0.490 e. The zero-order valence-electron chi connectivity index (χ0n) is 22.6. The first-order valence-corrected chi connectivity index (χ1v) is 14.3. The van der Waals surface area contributed by atoms with Gasteiger partial charge in [-0.05, 0) is 47.6 Å². The fourth-order valence-electron chi connectivity index (χ4n) is 4.56. The summed E-state index contributed by atoms with van der Waals surface area (Å²) >= 11 is 1.54. The number of aliphatic carboxylic acids is 2. The molecule has 1 aliphatic heterocycles. The van der Waals surface area contributed by atoms with Gasteiger partial charge in [0.1, 0.15) is 6.04 Å². The number of thioether (sulfide) groups is 1. The second-order valence-electron chi connectivity index (χ2n) is 9.44. The highest BCUT2D eigenvalue weighted by Gasteiger charge is 2.38. The molecule has 0 bridgehead atoms. The monoisotopic (exact) mass is 600 g/mol. The molecule has 10 nitrogen and oxygen atoms in total. The van der Waals surface area contributed by atoms with Crippen LogP contribution >= 0.6 is 11.8 Å². The number of halogens is 3. The summed E-state index contributed by atoms with van der Waals surface area (Å²) < 4.78 is 31.7. The maximum atomic E-state index is 12.9. The van der Waals surface area contributed by atoms with Gasteiger partial charge < -0.3 is 26.2 Å². The first-order chi connectivity index (χ1) is 19.4. The lowest BCUT2D eigenvalue weighted by atomic mass is 10.0. The van der Waals surface area contributed by atoms with Gasteiger partial charge in [0, 0.05) is 25.7 Å². The van der Waals surface area contributed by atoms with Crippen LogP contribution < -0.4 is 11.1 Å². The van der Waals surface area contributed by atoms with Crippen LogP contribution in [0.2, 0.25) is 0 Å². The Morgan fingerprint density at radius 2 is 1.80 bits per heavy atom. The Labute approximate surface area is 240 Å². The molecule has 14 heteroatoms. The van der Waals surface area contributed by atoms with E-state index < -0.39 is 24.2 Å². The number of benzene rings is 2. The molecular weight excluding hydrogens is 565 g/mol. The van der Waals surface area contributed by atoms with Crippen LogP contribution in [-0.4, -0.2) is 100 Å². The van der Waals surface area contributed by atoms with E-state index in [9.17, 15) is 32.7 Å². The fraction of sp³-hybridized carbons (Fsp3) is 0.481. The average Bonchev–Trinajstić information content (AvgIpc) is 3.38. The Hall–Kier alpha value is -3.36. The smallest absolute Gasteiger partial charge is 0.480 e. The van der Waals surface area contributed by atoms with Crippen molar-refractivity contribution in [1.29, 1.82) is 0 Å². The lowest BCUT2D eigenvalue weighted by Gasteiger charge is -2.31. The number of amides is 2. The molecule has 0 spiro atoms. The van der Waals surface area contributed by atoms with Crippen molar-refractivity contribution in [3.8, 4) is 0 Å². The summed E-state index contributed by atoms with van der Waals surface area (Å²) in [5, 5.41) is 21.5. The van der Waals surface area contributed by atoms with Crippen LogP contribution in [0.5, 0.6) is 0 Å². The van der Waals surface area contributed by atoms with Crippen LogP contribution in [0, 0.1) is 0 Å². The second kappa shape index (κ2) is 16.2. The highest BCUT2D eigenvalue weighted by atomic mass is 32.2. The molecule has 2 aromatic rings. The van der Waals surface area contributed by atoms with Gasteiger partial charge in [0.2, 0.25) is 11.8 Å². The molecule has 3 rings (SSSR count). The van der Waals surface area contributed by atoms with Gasteiger partial charge in [-0.1, -0.05) is 42.5 Å². The van der Waals surface area contributed by atoms with E-state index in [2.05, 4.69) is 23.5 Å². The van der Waals surface area contributed by atoms with Crippen LogP contribution in [0.15, 0.2) is 42.5 Å².